The number of carbonyl (C=O) groups is 1. The Bertz CT molecular complexity index is 130. The molecule has 0 saturated carbocycles. The summed E-state index contributed by atoms with van der Waals surface area (Å²) < 4.78 is -0.199. The highest BCUT2D eigenvalue weighted by Crippen LogP contribution is 2.27. The summed E-state index contributed by atoms with van der Waals surface area (Å²) in [5, 5.41) is 0. The molecular weight excluding hydrogens is 260 g/mol. The zero-order valence-electron chi connectivity index (χ0n) is 6.45. The maximum absolute atomic E-state index is 11.3. The molecule has 60 valence electrons. The van der Waals surface area contributed by atoms with Crippen LogP contribution in [0.25, 0.3) is 0 Å². The molecule has 0 fully saturated rings. The van der Waals surface area contributed by atoms with Gasteiger partial charge in [0.15, 0.2) is 5.78 Å². The molecule has 0 N–H and O–H groups in total. The number of ketones is 1. The van der Waals surface area contributed by atoms with Crippen LogP contribution in [-0.2, 0) is 4.79 Å². The van der Waals surface area contributed by atoms with E-state index in [0.29, 0.717) is 0 Å². The SMILES string of the molecule is CCC(C)(C)C(=O)C(Br)Br. The molecule has 0 spiro atoms. The normalized spacial score (nSPS) is 12.2. The largest absolute Gasteiger partial charge is 0.297 e. The summed E-state index contributed by atoms with van der Waals surface area (Å²) >= 11 is 6.37. The lowest BCUT2D eigenvalue weighted by molar-refractivity contribution is -0.124. The van der Waals surface area contributed by atoms with Crippen molar-refractivity contribution in [1.29, 1.82) is 0 Å². The monoisotopic (exact) mass is 270 g/mol. The zero-order valence-corrected chi connectivity index (χ0v) is 9.62. The van der Waals surface area contributed by atoms with Gasteiger partial charge in [0.25, 0.3) is 0 Å². The van der Waals surface area contributed by atoms with Crippen LogP contribution < -0.4 is 0 Å². The van der Waals surface area contributed by atoms with Crippen LogP contribution in [-0.4, -0.2) is 9.52 Å². The number of carbonyl (C=O) groups excluding carboxylic acids is 1. The molecule has 0 aromatic heterocycles. The predicted molar refractivity (Wildman–Crippen MR) is 50.7 cm³/mol. The van der Waals surface area contributed by atoms with Crippen LogP contribution >= 0.6 is 31.9 Å². The Morgan fingerprint density at radius 2 is 1.90 bits per heavy atom. The van der Waals surface area contributed by atoms with E-state index in [-0.39, 0.29) is 14.9 Å². The average molecular weight is 272 g/mol. The van der Waals surface area contributed by atoms with Gasteiger partial charge >= 0.3 is 0 Å². The summed E-state index contributed by atoms with van der Waals surface area (Å²) in [4.78, 5) is 11.3. The van der Waals surface area contributed by atoms with Gasteiger partial charge in [0.1, 0.15) is 3.74 Å². The second-order valence-electron chi connectivity index (χ2n) is 2.90. The third-order valence-corrected chi connectivity index (χ3v) is 2.58. The van der Waals surface area contributed by atoms with Crippen LogP contribution in [0.15, 0.2) is 0 Å². The molecule has 0 aromatic rings. The third-order valence-electron chi connectivity index (χ3n) is 1.75. The van der Waals surface area contributed by atoms with Crippen LogP contribution in [0, 0.1) is 5.41 Å². The minimum atomic E-state index is -0.211. The Balaban J connectivity index is 4.19. The van der Waals surface area contributed by atoms with Gasteiger partial charge in [-0.2, -0.15) is 0 Å². The van der Waals surface area contributed by atoms with E-state index in [4.69, 9.17) is 0 Å². The minimum absolute atomic E-state index is 0.199. The van der Waals surface area contributed by atoms with E-state index < -0.39 is 0 Å². The van der Waals surface area contributed by atoms with Crippen molar-refractivity contribution >= 4 is 37.6 Å². The Hall–Kier alpha value is 0.630. The molecule has 0 radical (unpaired) electrons. The van der Waals surface area contributed by atoms with E-state index >= 15 is 0 Å². The lowest BCUT2D eigenvalue weighted by Crippen LogP contribution is -2.27. The van der Waals surface area contributed by atoms with Crippen LogP contribution in [0.1, 0.15) is 27.2 Å². The smallest absolute Gasteiger partial charge is 0.162 e. The minimum Gasteiger partial charge on any atom is -0.297 e. The quantitative estimate of drug-likeness (QED) is 0.721. The maximum Gasteiger partial charge on any atom is 0.162 e. The first-order valence-corrected chi connectivity index (χ1v) is 5.07. The highest BCUT2D eigenvalue weighted by atomic mass is 79.9. The van der Waals surface area contributed by atoms with Crippen LogP contribution in [0.3, 0.4) is 0 Å². The van der Waals surface area contributed by atoms with Crippen LogP contribution in [0.5, 0.6) is 0 Å². The van der Waals surface area contributed by atoms with Crippen molar-refractivity contribution in [1.82, 2.24) is 0 Å². The fourth-order valence-corrected chi connectivity index (χ4v) is 1.71. The number of Topliss-reactive ketones (excluding diaryl/α,β-unsaturated/α-hetero) is 1. The number of rotatable bonds is 3. The maximum atomic E-state index is 11.3. The van der Waals surface area contributed by atoms with Gasteiger partial charge in [-0.1, -0.05) is 52.6 Å². The highest BCUT2D eigenvalue weighted by molar-refractivity contribution is 9.25. The predicted octanol–water partition coefficient (Wildman–Crippen LogP) is 3.11. The van der Waals surface area contributed by atoms with Gasteiger partial charge in [0.05, 0.1) is 0 Å². The van der Waals surface area contributed by atoms with Crippen LogP contribution in [0.2, 0.25) is 0 Å². The Kier molecular flexibility index (Phi) is 4.10. The molecule has 0 bridgehead atoms. The van der Waals surface area contributed by atoms with E-state index in [0.717, 1.165) is 6.42 Å². The van der Waals surface area contributed by atoms with E-state index in [1.807, 2.05) is 20.8 Å². The number of hydrogen-bond donors (Lipinski definition) is 0. The van der Waals surface area contributed by atoms with Gasteiger partial charge in [-0.15, -0.1) is 0 Å². The van der Waals surface area contributed by atoms with Gasteiger partial charge < -0.3 is 0 Å². The summed E-state index contributed by atoms with van der Waals surface area (Å²) in [6.45, 7) is 5.91. The molecule has 1 nitrogen and oxygen atoms in total. The van der Waals surface area contributed by atoms with Gasteiger partial charge in [-0.3, -0.25) is 4.79 Å². The fourth-order valence-electron chi connectivity index (χ4n) is 0.470. The molecule has 0 heterocycles. The first-order valence-electron chi connectivity index (χ1n) is 3.24. The Morgan fingerprint density at radius 3 is 2.00 bits per heavy atom. The third kappa shape index (κ3) is 2.70. The fraction of sp³-hybridized carbons (Fsp3) is 0.857. The average Bonchev–Trinajstić information content (AvgIpc) is 1.86. The zero-order chi connectivity index (χ0) is 8.36. The molecule has 3 heteroatoms. The van der Waals surface area contributed by atoms with Crippen molar-refractivity contribution in [2.75, 3.05) is 0 Å². The van der Waals surface area contributed by atoms with Crippen molar-refractivity contribution in [2.45, 2.75) is 30.9 Å². The molecule has 0 saturated heterocycles. The number of halogens is 2. The molecule has 10 heavy (non-hydrogen) atoms. The van der Waals surface area contributed by atoms with Gasteiger partial charge in [-0.25, -0.2) is 0 Å². The molecule has 0 aliphatic rings. The standard InChI is InChI=1S/C7H12Br2O/c1-4-7(2,3)5(10)6(8)9/h6H,4H2,1-3H3. The molecule has 0 rings (SSSR count). The van der Waals surface area contributed by atoms with E-state index in [1.165, 1.54) is 0 Å². The van der Waals surface area contributed by atoms with Crippen molar-refractivity contribution in [3.8, 4) is 0 Å². The second-order valence-corrected chi connectivity index (χ2v) is 5.96. The van der Waals surface area contributed by atoms with Gasteiger partial charge in [0, 0.05) is 5.41 Å². The Morgan fingerprint density at radius 1 is 1.50 bits per heavy atom. The lowest BCUT2D eigenvalue weighted by atomic mass is 9.86. The molecule has 0 aliphatic heterocycles. The second kappa shape index (κ2) is 3.86. The molecule has 0 aliphatic carbocycles. The van der Waals surface area contributed by atoms with Crippen molar-refractivity contribution in [3.63, 3.8) is 0 Å². The lowest BCUT2D eigenvalue weighted by Gasteiger charge is -2.21. The van der Waals surface area contributed by atoms with Gasteiger partial charge in [-0.05, 0) is 6.42 Å². The molecule has 0 amide bonds. The summed E-state index contributed by atoms with van der Waals surface area (Å²) in [6.07, 6.45) is 0.875. The highest BCUT2D eigenvalue weighted by Gasteiger charge is 2.28. The van der Waals surface area contributed by atoms with Crippen LogP contribution in [0.4, 0.5) is 0 Å². The summed E-state index contributed by atoms with van der Waals surface area (Å²) in [7, 11) is 0. The van der Waals surface area contributed by atoms with Crippen molar-refractivity contribution in [2.24, 2.45) is 5.41 Å². The van der Waals surface area contributed by atoms with E-state index in [2.05, 4.69) is 31.9 Å². The summed E-state index contributed by atoms with van der Waals surface area (Å²) in [6, 6.07) is 0. The van der Waals surface area contributed by atoms with Crippen molar-refractivity contribution < 1.29 is 4.79 Å². The number of hydrogen-bond acceptors (Lipinski definition) is 1. The Labute approximate surface area is 78.8 Å². The molecule has 0 aromatic carbocycles. The topological polar surface area (TPSA) is 17.1 Å². The first-order chi connectivity index (χ1) is 4.41. The van der Waals surface area contributed by atoms with Gasteiger partial charge in [0.2, 0.25) is 0 Å². The molecule has 0 unspecified atom stereocenters. The molecule has 0 atom stereocenters. The summed E-state index contributed by atoms with van der Waals surface area (Å²) in [5.41, 5.74) is -0.211. The molecular formula is C7H12Br2O. The van der Waals surface area contributed by atoms with Crippen molar-refractivity contribution in [3.05, 3.63) is 0 Å². The van der Waals surface area contributed by atoms with E-state index in [9.17, 15) is 4.79 Å². The number of alkyl halides is 2. The van der Waals surface area contributed by atoms with E-state index in [1.54, 1.807) is 0 Å². The first kappa shape index (κ1) is 10.6. The summed E-state index contributed by atoms with van der Waals surface area (Å²) in [5.74, 6) is 0.204.